The molecule has 0 aromatic rings. The lowest BCUT2D eigenvalue weighted by Crippen LogP contribution is -2.27. The van der Waals surface area contributed by atoms with Gasteiger partial charge in [0.2, 0.25) is 0 Å². The first-order chi connectivity index (χ1) is 15.0. The van der Waals surface area contributed by atoms with Gasteiger partial charge in [0.25, 0.3) is 0 Å². The lowest BCUT2D eigenvalue weighted by atomic mass is 10.0. The highest BCUT2D eigenvalue weighted by Crippen LogP contribution is 2.27. The molecule has 0 spiro atoms. The minimum absolute atomic E-state index is 0.130. The van der Waals surface area contributed by atoms with Crippen LogP contribution in [-0.2, 0) is 4.74 Å². The summed E-state index contributed by atoms with van der Waals surface area (Å²) in [5, 5.41) is 12.3. The van der Waals surface area contributed by atoms with Gasteiger partial charge in [0.15, 0.2) is 0 Å². The van der Waals surface area contributed by atoms with Crippen molar-refractivity contribution in [2.45, 2.75) is 58.9 Å². The minimum Gasteiger partial charge on any atom is -0.493 e. The third-order valence-electron chi connectivity index (χ3n) is 5.21. The number of aliphatic hydroxyl groups is 1. The lowest BCUT2D eigenvalue weighted by molar-refractivity contribution is 0.184. The molecule has 2 fully saturated rings. The average molecular weight is 429 g/mol. The molecule has 4 nitrogen and oxygen atoms in total. The fourth-order valence-electron chi connectivity index (χ4n) is 3.28. The largest absolute Gasteiger partial charge is 0.493 e. The van der Waals surface area contributed by atoms with Crippen LogP contribution in [0.4, 0.5) is 0 Å². The first-order valence-corrected chi connectivity index (χ1v) is 11.7. The average Bonchev–Trinajstić information content (AvgIpc) is 3.61. The number of hydrogen-bond donors (Lipinski definition) is 2. The van der Waals surface area contributed by atoms with Gasteiger partial charge in [0.05, 0.1) is 6.61 Å². The number of nitrogens with zero attached hydrogens (tertiary/aromatic N) is 1. The van der Waals surface area contributed by atoms with Crippen LogP contribution in [0.2, 0.25) is 0 Å². The molecular formula is C27H44N2O2. The van der Waals surface area contributed by atoms with Crippen LogP contribution in [0.3, 0.4) is 0 Å². The Labute approximate surface area is 190 Å². The highest BCUT2D eigenvalue weighted by atomic mass is 16.5. The molecule has 0 unspecified atom stereocenters. The summed E-state index contributed by atoms with van der Waals surface area (Å²) in [5.41, 5.74) is 2.20. The van der Waals surface area contributed by atoms with Gasteiger partial charge >= 0.3 is 0 Å². The van der Waals surface area contributed by atoms with Gasteiger partial charge in [-0.3, -0.25) is 0 Å². The van der Waals surface area contributed by atoms with Gasteiger partial charge in [0, 0.05) is 25.6 Å². The highest BCUT2D eigenvalue weighted by Gasteiger charge is 2.26. The fourth-order valence-corrected chi connectivity index (χ4v) is 3.28. The Morgan fingerprint density at radius 3 is 2.48 bits per heavy atom. The minimum atomic E-state index is 0.130. The molecule has 4 heteroatoms. The van der Waals surface area contributed by atoms with Crippen LogP contribution in [0.5, 0.6) is 0 Å². The summed E-state index contributed by atoms with van der Waals surface area (Å²) < 4.78 is 5.82. The quantitative estimate of drug-likeness (QED) is 0.244. The van der Waals surface area contributed by atoms with Gasteiger partial charge in [-0.1, -0.05) is 50.0 Å². The fraction of sp³-hybridized carbons (Fsp3) is 0.556. The second-order valence-corrected chi connectivity index (χ2v) is 8.40. The molecule has 31 heavy (non-hydrogen) atoms. The van der Waals surface area contributed by atoms with E-state index in [-0.39, 0.29) is 6.61 Å². The van der Waals surface area contributed by atoms with Gasteiger partial charge < -0.3 is 20.1 Å². The van der Waals surface area contributed by atoms with E-state index in [1.807, 2.05) is 37.4 Å². The second kappa shape index (κ2) is 16.6. The standard InChI is InChI=1S/C21H31NO2.C6H13N/c1-5-8-10-19(6-2)16-21(24-14-9-13-23)15-18(4)17-22(7-3)20-11-12-20;1-6-3-2-4-7-5-6/h5-8,10,15-16,20,23H,2-3,9,11-14,17H2,1,4H3;6-7H,2-5H2,1H3/b8-5-,18-15+,19-10+,21-16+;/t;6-/m.1/s1. The molecular weight excluding hydrogens is 384 g/mol. The first-order valence-electron chi connectivity index (χ1n) is 11.7. The second-order valence-electron chi connectivity index (χ2n) is 8.40. The van der Waals surface area contributed by atoms with Crippen molar-refractivity contribution < 1.29 is 9.84 Å². The molecule has 0 aromatic heterocycles. The van der Waals surface area contributed by atoms with Crippen molar-refractivity contribution in [3.8, 4) is 0 Å². The molecule has 0 bridgehead atoms. The number of ether oxygens (including phenoxy) is 1. The first kappa shape index (κ1) is 27.0. The van der Waals surface area contributed by atoms with Gasteiger partial charge in [-0.05, 0) is 82.5 Å². The van der Waals surface area contributed by atoms with E-state index in [1.165, 1.54) is 44.3 Å². The van der Waals surface area contributed by atoms with E-state index in [4.69, 9.17) is 9.84 Å². The SMILES string of the molecule is C=CC(=C\C=C/C)/C=C(\C=C(/C)CN(C=C)C1CC1)OCCCO.C[C@@H]1CCCNC1. The molecule has 1 heterocycles. The number of allylic oxidation sites excluding steroid dienone is 7. The maximum absolute atomic E-state index is 8.95. The summed E-state index contributed by atoms with van der Waals surface area (Å²) in [6, 6.07) is 0.645. The number of hydrogen-bond acceptors (Lipinski definition) is 4. The molecule has 2 rings (SSSR count). The van der Waals surface area contributed by atoms with E-state index in [0.717, 1.165) is 23.8 Å². The van der Waals surface area contributed by atoms with E-state index in [0.29, 0.717) is 19.1 Å². The Kier molecular flexibility index (Phi) is 14.5. The monoisotopic (exact) mass is 428 g/mol. The van der Waals surface area contributed by atoms with Crippen LogP contribution >= 0.6 is 0 Å². The molecule has 1 atom stereocenters. The number of rotatable bonds is 12. The maximum atomic E-state index is 8.95. The molecule has 1 saturated carbocycles. The Balaban J connectivity index is 0.000000577. The zero-order valence-electron chi connectivity index (χ0n) is 20.0. The molecule has 2 aliphatic rings. The molecule has 1 aliphatic heterocycles. The molecule has 1 saturated heterocycles. The summed E-state index contributed by atoms with van der Waals surface area (Å²) >= 11 is 0. The van der Waals surface area contributed by atoms with Crippen LogP contribution in [0, 0.1) is 5.92 Å². The Morgan fingerprint density at radius 2 is 2.00 bits per heavy atom. The Bertz CT molecular complexity index is 636. The van der Waals surface area contributed by atoms with Crippen LogP contribution in [-0.4, -0.2) is 48.9 Å². The summed E-state index contributed by atoms with van der Waals surface area (Å²) in [4.78, 5) is 2.28. The van der Waals surface area contributed by atoms with Gasteiger partial charge in [0.1, 0.15) is 5.76 Å². The third-order valence-corrected chi connectivity index (χ3v) is 5.21. The highest BCUT2D eigenvalue weighted by molar-refractivity contribution is 5.37. The number of nitrogens with one attached hydrogen (secondary N) is 1. The molecule has 0 radical (unpaired) electrons. The van der Waals surface area contributed by atoms with Crippen molar-refractivity contribution in [1.29, 1.82) is 0 Å². The Hall–Kier alpha value is -2.04. The summed E-state index contributed by atoms with van der Waals surface area (Å²) in [6.45, 7) is 18.1. The maximum Gasteiger partial charge on any atom is 0.119 e. The van der Waals surface area contributed by atoms with Crippen LogP contribution in [0.25, 0.3) is 0 Å². The van der Waals surface area contributed by atoms with Gasteiger partial charge in [-0.25, -0.2) is 0 Å². The van der Waals surface area contributed by atoms with Crippen LogP contribution < -0.4 is 5.32 Å². The van der Waals surface area contributed by atoms with Crippen molar-refractivity contribution in [2.75, 3.05) is 32.8 Å². The normalized spacial score (nSPS) is 20.1. The van der Waals surface area contributed by atoms with Crippen molar-refractivity contribution >= 4 is 0 Å². The zero-order valence-corrected chi connectivity index (χ0v) is 20.0. The topological polar surface area (TPSA) is 44.7 Å². The van der Waals surface area contributed by atoms with Gasteiger partial charge in [-0.2, -0.15) is 0 Å². The van der Waals surface area contributed by atoms with E-state index in [2.05, 4.69) is 43.3 Å². The van der Waals surface area contributed by atoms with Crippen molar-refractivity contribution in [3.05, 3.63) is 72.7 Å². The molecule has 1 aliphatic carbocycles. The molecule has 0 amide bonds. The van der Waals surface area contributed by atoms with Gasteiger partial charge in [-0.15, -0.1) is 0 Å². The van der Waals surface area contributed by atoms with E-state index < -0.39 is 0 Å². The summed E-state index contributed by atoms with van der Waals surface area (Å²) in [7, 11) is 0. The number of piperidine rings is 1. The predicted octanol–water partition coefficient (Wildman–Crippen LogP) is 5.52. The predicted molar refractivity (Wildman–Crippen MR) is 134 cm³/mol. The lowest BCUT2D eigenvalue weighted by Gasteiger charge is -2.20. The third kappa shape index (κ3) is 13.1. The van der Waals surface area contributed by atoms with Crippen LogP contribution in [0.1, 0.15) is 52.9 Å². The van der Waals surface area contributed by atoms with Crippen molar-refractivity contribution in [1.82, 2.24) is 10.2 Å². The smallest absolute Gasteiger partial charge is 0.119 e. The summed E-state index contributed by atoms with van der Waals surface area (Å²) in [6.07, 6.45) is 19.6. The number of aliphatic hydroxyl groups excluding tert-OH is 1. The molecule has 2 N–H and O–H groups in total. The van der Waals surface area contributed by atoms with E-state index in [1.54, 1.807) is 6.08 Å². The van der Waals surface area contributed by atoms with Crippen molar-refractivity contribution in [3.63, 3.8) is 0 Å². The molecule has 0 aromatic carbocycles. The van der Waals surface area contributed by atoms with Crippen molar-refractivity contribution in [2.24, 2.45) is 5.92 Å². The van der Waals surface area contributed by atoms with E-state index in [9.17, 15) is 0 Å². The van der Waals surface area contributed by atoms with Crippen LogP contribution in [0.15, 0.2) is 72.7 Å². The zero-order chi connectivity index (χ0) is 22.9. The Morgan fingerprint density at radius 1 is 1.23 bits per heavy atom. The molecule has 174 valence electrons. The summed E-state index contributed by atoms with van der Waals surface area (Å²) in [5.74, 6) is 1.71. The van der Waals surface area contributed by atoms with E-state index >= 15 is 0 Å².